The van der Waals surface area contributed by atoms with Crippen LogP contribution >= 0.6 is 0 Å². The summed E-state index contributed by atoms with van der Waals surface area (Å²) in [7, 11) is 2.09. The fourth-order valence-electron chi connectivity index (χ4n) is 2.12. The highest BCUT2D eigenvalue weighted by molar-refractivity contribution is 6.32. The minimum Gasteiger partial charge on any atom is -0.256 e. The van der Waals surface area contributed by atoms with E-state index in [4.69, 9.17) is 0 Å². The molecule has 0 fully saturated rings. The minimum atomic E-state index is 1.02. The van der Waals surface area contributed by atoms with Crippen molar-refractivity contribution in [3.8, 4) is 22.4 Å². The van der Waals surface area contributed by atoms with E-state index in [-0.39, 0.29) is 0 Å². The normalized spacial score (nSPS) is 10.3. The second kappa shape index (κ2) is 5.11. The van der Waals surface area contributed by atoms with Crippen molar-refractivity contribution in [3.05, 3.63) is 72.9 Å². The molecule has 2 heteroatoms. The van der Waals surface area contributed by atoms with Crippen LogP contribution in [0.1, 0.15) is 0 Å². The number of rotatable bonds is 2. The Morgan fingerprint density at radius 3 is 2.16 bits per heavy atom. The molecule has 0 N–H and O–H groups in total. The molecule has 0 aliphatic rings. The molecule has 1 aromatic heterocycles. The van der Waals surface area contributed by atoms with Gasteiger partial charge in [-0.15, -0.1) is 0 Å². The first kappa shape index (κ1) is 11.7. The zero-order valence-electron chi connectivity index (χ0n) is 10.9. The second-order valence-corrected chi connectivity index (χ2v) is 4.66. The minimum absolute atomic E-state index is 1.02. The van der Waals surface area contributed by atoms with Crippen molar-refractivity contribution in [1.82, 2.24) is 4.98 Å². The van der Waals surface area contributed by atoms with Gasteiger partial charge in [-0.3, -0.25) is 4.98 Å². The summed E-state index contributed by atoms with van der Waals surface area (Å²) >= 11 is 0. The van der Waals surface area contributed by atoms with Crippen molar-refractivity contribution < 1.29 is 0 Å². The molecule has 0 radical (unpaired) electrons. The summed E-state index contributed by atoms with van der Waals surface area (Å²) in [5, 5.41) is 0. The molecule has 90 valence electrons. The van der Waals surface area contributed by atoms with Gasteiger partial charge in [0.05, 0.1) is 5.69 Å². The largest absolute Gasteiger partial charge is 0.256 e. The Balaban J connectivity index is 2.03. The van der Waals surface area contributed by atoms with Crippen LogP contribution in [0.2, 0.25) is 0 Å². The maximum absolute atomic E-state index is 4.46. The lowest BCUT2D eigenvalue weighted by Gasteiger charge is -2.05. The molecule has 3 aromatic rings. The van der Waals surface area contributed by atoms with Crippen LogP contribution in [0.25, 0.3) is 22.4 Å². The van der Waals surface area contributed by atoms with Crippen molar-refractivity contribution >= 4 is 13.3 Å². The Kier molecular flexibility index (Phi) is 3.15. The van der Waals surface area contributed by atoms with Crippen LogP contribution in [-0.2, 0) is 0 Å². The standard InChI is InChI=1S/C17H14BN/c18-16-8-6-14(7-9-16)17-12-15(10-11-19-17)13-4-2-1-3-5-13/h1-12H,18H2. The number of hydrogen-bond acceptors (Lipinski definition) is 1. The molecule has 1 nitrogen and oxygen atoms in total. The van der Waals surface area contributed by atoms with Crippen molar-refractivity contribution in [2.24, 2.45) is 0 Å². The van der Waals surface area contributed by atoms with Gasteiger partial charge in [0.15, 0.2) is 0 Å². The van der Waals surface area contributed by atoms with E-state index >= 15 is 0 Å². The maximum atomic E-state index is 4.46. The summed E-state index contributed by atoms with van der Waals surface area (Å²) in [5.74, 6) is 0. The van der Waals surface area contributed by atoms with Crippen LogP contribution in [0.4, 0.5) is 0 Å². The third kappa shape index (κ3) is 2.58. The van der Waals surface area contributed by atoms with Crippen LogP contribution < -0.4 is 5.46 Å². The summed E-state index contributed by atoms with van der Waals surface area (Å²) in [4.78, 5) is 4.46. The zero-order chi connectivity index (χ0) is 13.1. The lowest BCUT2D eigenvalue weighted by molar-refractivity contribution is 1.33. The Bertz CT molecular complexity index is 675. The van der Waals surface area contributed by atoms with E-state index in [9.17, 15) is 0 Å². The van der Waals surface area contributed by atoms with Gasteiger partial charge < -0.3 is 0 Å². The summed E-state index contributed by atoms with van der Waals surface area (Å²) < 4.78 is 0. The third-order valence-corrected chi connectivity index (χ3v) is 3.21. The summed E-state index contributed by atoms with van der Waals surface area (Å²) in [6, 6.07) is 23.0. The molecule has 0 unspecified atom stereocenters. The lowest BCUT2D eigenvalue weighted by Crippen LogP contribution is -1.99. The first-order chi connectivity index (χ1) is 9.33. The smallest absolute Gasteiger partial charge is 0.139 e. The molecule has 2 aromatic carbocycles. The number of hydrogen-bond donors (Lipinski definition) is 0. The van der Waals surface area contributed by atoms with Crippen LogP contribution in [0.3, 0.4) is 0 Å². The Hall–Kier alpha value is -2.35. The first-order valence-corrected chi connectivity index (χ1v) is 6.41. The molecule has 19 heavy (non-hydrogen) atoms. The molecule has 0 aliphatic heterocycles. The number of benzene rings is 2. The van der Waals surface area contributed by atoms with Crippen molar-refractivity contribution in [2.45, 2.75) is 0 Å². The quantitative estimate of drug-likeness (QED) is 0.630. The summed E-state index contributed by atoms with van der Waals surface area (Å²) in [6.07, 6.45) is 1.87. The van der Waals surface area contributed by atoms with E-state index < -0.39 is 0 Å². The number of pyridine rings is 1. The third-order valence-electron chi connectivity index (χ3n) is 3.21. The maximum Gasteiger partial charge on any atom is 0.139 e. The lowest BCUT2D eigenvalue weighted by atomic mass is 9.94. The number of aromatic nitrogens is 1. The summed E-state index contributed by atoms with van der Waals surface area (Å²) in [6.45, 7) is 0. The highest BCUT2D eigenvalue weighted by Crippen LogP contribution is 2.23. The molecule has 0 saturated heterocycles. The Morgan fingerprint density at radius 1 is 0.684 bits per heavy atom. The first-order valence-electron chi connectivity index (χ1n) is 6.41. The zero-order valence-corrected chi connectivity index (χ0v) is 10.9. The molecule has 0 atom stereocenters. The van der Waals surface area contributed by atoms with E-state index in [1.165, 1.54) is 16.6 Å². The Labute approximate surface area is 114 Å². The van der Waals surface area contributed by atoms with E-state index in [0.717, 1.165) is 11.3 Å². The van der Waals surface area contributed by atoms with Gasteiger partial charge in [0.25, 0.3) is 0 Å². The van der Waals surface area contributed by atoms with Gasteiger partial charge in [-0.05, 0) is 23.3 Å². The van der Waals surface area contributed by atoms with E-state index in [0.29, 0.717) is 0 Å². The Morgan fingerprint density at radius 2 is 1.42 bits per heavy atom. The van der Waals surface area contributed by atoms with Gasteiger partial charge in [-0.2, -0.15) is 0 Å². The van der Waals surface area contributed by atoms with Crippen molar-refractivity contribution in [1.29, 1.82) is 0 Å². The SMILES string of the molecule is Bc1ccc(-c2cc(-c3ccccc3)ccn2)cc1. The highest BCUT2D eigenvalue weighted by atomic mass is 14.7. The van der Waals surface area contributed by atoms with Gasteiger partial charge in [0, 0.05) is 11.8 Å². The average Bonchev–Trinajstić information content (AvgIpc) is 2.49. The predicted molar refractivity (Wildman–Crippen MR) is 83.3 cm³/mol. The van der Waals surface area contributed by atoms with Gasteiger partial charge >= 0.3 is 0 Å². The van der Waals surface area contributed by atoms with Gasteiger partial charge in [-0.1, -0.05) is 60.1 Å². The van der Waals surface area contributed by atoms with Crippen LogP contribution in [0, 0.1) is 0 Å². The molecular formula is C17H14BN. The van der Waals surface area contributed by atoms with Crippen LogP contribution in [-0.4, -0.2) is 12.8 Å². The molecule has 0 aliphatic carbocycles. The molecule has 3 rings (SSSR count). The van der Waals surface area contributed by atoms with Crippen molar-refractivity contribution in [2.75, 3.05) is 0 Å². The molecule has 0 saturated carbocycles. The second-order valence-electron chi connectivity index (χ2n) is 4.66. The van der Waals surface area contributed by atoms with E-state index in [1.54, 1.807) is 0 Å². The molecule has 1 heterocycles. The van der Waals surface area contributed by atoms with E-state index in [1.807, 2.05) is 18.3 Å². The topological polar surface area (TPSA) is 12.9 Å². The molecular weight excluding hydrogens is 229 g/mol. The predicted octanol–water partition coefficient (Wildman–Crippen LogP) is 2.67. The van der Waals surface area contributed by atoms with Crippen LogP contribution in [0.5, 0.6) is 0 Å². The van der Waals surface area contributed by atoms with E-state index in [2.05, 4.69) is 67.4 Å². The fraction of sp³-hybridized carbons (Fsp3) is 0. The van der Waals surface area contributed by atoms with Gasteiger partial charge in [0.1, 0.15) is 7.85 Å². The molecule has 0 spiro atoms. The van der Waals surface area contributed by atoms with Crippen LogP contribution in [0.15, 0.2) is 72.9 Å². The fourth-order valence-corrected chi connectivity index (χ4v) is 2.12. The van der Waals surface area contributed by atoms with Gasteiger partial charge in [0.2, 0.25) is 0 Å². The monoisotopic (exact) mass is 243 g/mol. The molecule has 0 bridgehead atoms. The van der Waals surface area contributed by atoms with Crippen molar-refractivity contribution in [3.63, 3.8) is 0 Å². The van der Waals surface area contributed by atoms with Gasteiger partial charge in [-0.25, -0.2) is 0 Å². The molecule has 0 amide bonds. The summed E-state index contributed by atoms with van der Waals surface area (Å²) in [5.41, 5.74) is 5.86. The average molecular weight is 243 g/mol. The highest BCUT2D eigenvalue weighted by Gasteiger charge is 2.02. The number of nitrogens with zero attached hydrogens (tertiary/aromatic N) is 1.